The van der Waals surface area contributed by atoms with Crippen molar-refractivity contribution in [1.82, 2.24) is 15.3 Å². The van der Waals surface area contributed by atoms with Gasteiger partial charge in [-0.15, -0.1) is 0 Å². The van der Waals surface area contributed by atoms with E-state index in [-0.39, 0.29) is 23.3 Å². The van der Waals surface area contributed by atoms with Gasteiger partial charge in [0.1, 0.15) is 5.69 Å². The molecule has 1 aliphatic rings. The smallest absolute Gasteiger partial charge is 0.356 e. The van der Waals surface area contributed by atoms with Gasteiger partial charge in [0.25, 0.3) is 5.91 Å². The Bertz CT molecular complexity index is 438. The molecule has 0 aliphatic heterocycles. The molecule has 0 unspecified atom stereocenters. The molecule has 2 N–H and O–H groups in total. The average molecular weight is 249 g/mol. The predicted octanol–water partition coefficient (Wildman–Crippen LogP) is 1.24. The Morgan fingerprint density at radius 3 is 2.28 bits per heavy atom. The van der Waals surface area contributed by atoms with Crippen molar-refractivity contribution in [2.45, 2.75) is 38.1 Å². The minimum atomic E-state index is -1.15. The third-order valence-electron chi connectivity index (χ3n) is 3.04. The van der Waals surface area contributed by atoms with Gasteiger partial charge in [-0.3, -0.25) is 4.79 Å². The highest BCUT2D eigenvalue weighted by molar-refractivity contribution is 5.92. The highest BCUT2D eigenvalue weighted by Crippen LogP contribution is 2.17. The Morgan fingerprint density at radius 2 is 1.72 bits per heavy atom. The van der Waals surface area contributed by atoms with Crippen molar-refractivity contribution in [2.75, 3.05) is 0 Å². The maximum absolute atomic E-state index is 11.8. The molecular formula is C12H15N3O3. The first kappa shape index (κ1) is 12.5. The van der Waals surface area contributed by atoms with Crippen LogP contribution in [0.4, 0.5) is 0 Å². The van der Waals surface area contributed by atoms with E-state index >= 15 is 0 Å². The van der Waals surface area contributed by atoms with Gasteiger partial charge in [-0.1, -0.05) is 19.3 Å². The number of nitrogens with zero attached hydrogens (tertiary/aromatic N) is 2. The Morgan fingerprint density at radius 1 is 1.11 bits per heavy atom. The second-order valence-electron chi connectivity index (χ2n) is 4.40. The van der Waals surface area contributed by atoms with Gasteiger partial charge in [0.2, 0.25) is 0 Å². The molecule has 1 amide bonds. The van der Waals surface area contributed by atoms with Gasteiger partial charge >= 0.3 is 5.97 Å². The molecule has 0 aromatic carbocycles. The number of aromatic nitrogens is 2. The SMILES string of the molecule is O=C(O)c1cnc(C(=O)NC2CCCCC2)cn1. The summed E-state index contributed by atoms with van der Waals surface area (Å²) >= 11 is 0. The van der Waals surface area contributed by atoms with Crippen LogP contribution in [-0.4, -0.2) is 33.0 Å². The number of amides is 1. The summed E-state index contributed by atoms with van der Waals surface area (Å²) in [5.41, 5.74) is -0.00482. The molecule has 1 aromatic heterocycles. The van der Waals surface area contributed by atoms with Crippen LogP contribution in [0.2, 0.25) is 0 Å². The highest BCUT2D eigenvalue weighted by Gasteiger charge is 2.17. The lowest BCUT2D eigenvalue weighted by molar-refractivity contribution is 0.0688. The van der Waals surface area contributed by atoms with Crippen molar-refractivity contribution in [2.24, 2.45) is 0 Å². The topological polar surface area (TPSA) is 92.2 Å². The third-order valence-corrected chi connectivity index (χ3v) is 3.04. The van der Waals surface area contributed by atoms with E-state index in [0.29, 0.717) is 0 Å². The first-order valence-corrected chi connectivity index (χ1v) is 6.03. The first-order valence-electron chi connectivity index (χ1n) is 6.03. The van der Waals surface area contributed by atoms with E-state index in [0.717, 1.165) is 31.9 Å². The fourth-order valence-corrected chi connectivity index (χ4v) is 2.06. The van der Waals surface area contributed by atoms with Crippen molar-refractivity contribution >= 4 is 11.9 Å². The molecule has 2 rings (SSSR count). The number of carboxylic acids is 1. The zero-order chi connectivity index (χ0) is 13.0. The van der Waals surface area contributed by atoms with Gasteiger partial charge in [0.05, 0.1) is 12.4 Å². The molecule has 0 saturated heterocycles. The van der Waals surface area contributed by atoms with Crippen LogP contribution in [0.5, 0.6) is 0 Å². The molecular weight excluding hydrogens is 234 g/mol. The Hall–Kier alpha value is -1.98. The van der Waals surface area contributed by atoms with Crippen LogP contribution in [0.3, 0.4) is 0 Å². The van der Waals surface area contributed by atoms with Crippen molar-refractivity contribution in [3.05, 3.63) is 23.8 Å². The van der Waals surface area contributed by atoms with E-state index < -0.39 is 5.97 Å². The van der Waals surface area contributed by atoms with E-state index in [1.807, 2.05) is 0 Å². The Labute approximate surface area is 104 Å². The fraction of sp³-hybridized carbons (Fsp3) is 0.500. The number of aromatic carboxylic acids is 1. The summed E-state index contributed by atoms with van der Waals surface area (Å²) in [4.78, 5) is 29.9. The minimum Gasteiger partial charge on any atom is -0.476 e. The Kier molecular flexibility index (Phi) is 3.86. The maximum atomic E-state index is 11.8. The normalized spacial score (nSPS) is 16.2. The summed E-state index contributed by atoms with van der Waals surface area (Å²) in [6.07, 6.45) is 7.77. The largest absolute Gasteiger partial charge is 0.476 e. The van der Waals surface area contributed by atoms with E-state index in [1.165, 1.54) is 12.6 Å². The molecule has 1 heterocycles. The Balaban J connectivity index is 1.97. The number of rotatable bonds is 3. The van der Waals surface area contributed by atoms with Crippen LogP contribution in [0, 0.1) is 0 Å². The molecule has 1 saturated carbocycles. The van der Waals surface area contributed by atoms with E-state index in [4.69, 9.17) is 5.11 Å². The number of hydrogen-bond donors (Lipinski definition) is 2. The van der Waals surface area contributed by atoms with Crippen molar-refractivity contribution in [3.8, 4) is 0 Å². The van der Waals surface area contributed by atoms with Crippen LogP contribution in [0.1, 0.15) is 53.1 Å². The van der Waals surface area contributed by atoms with Crippen LogP contribution >= 0.6 is 0 Å². The zero-order valence-electron chi connectivity index (χ0n) is 9.93. The molecule has 0 atom stereocenters. The van der Waals surface area contributed by atoms with E-state index in [1.54, 1.807) is 0 Å². The van der Waals surface area contributed by atoms with Crippen LogP contribution in [0.15, 0.2) is 12.4 Å². The quantitative estimate of drug-likeness (QED) is 0.840. The van der Waals surface area contributed by atoms with Gasteiger partial charge in [-0.2, -0.15) is 0 Å². The zero-order valence-corrected chi connectivity index (χ0v) is 9.93. The molecule has 0 bridgehead atoms. The molecule has 96 valence electrons. The lowest BCUT2D eigenvalue weighted by atomic mass is 9.95. The van der Waals surface area contributed by atoms with Crippen LogP contribution in [0.25, 0.3) is 0 Å². The second-order valence-corrected chi connectivity index (χ2v) is 4.40. The lowest BCUT2D eigenvalue weighted by Crippen LogP contribution is -2.36. The van der Waals surface area contributed by atoms with E-state index in [2.05, 4.69) is 15.3 Å². The van der Waals surface area contributed by atoms with Crippen LogP contribution in [-0.2, 0) is 0 Å². The van der Waals surface area contributed by atoms with Crippen molar-refractivity contribution < 1.29 is 14.7 Å². The molecule has 1 aromatic rings. The summed E-state index contributed by atoms with van der Waals surface area (Å²) in [7, 11) is 0. The number of carboxylic acid groups (broad SMARTS) is 1. The molecule has 0 spiro atoms. The van der Waals surface area contributed by atoms with Crippen molar-refractivity contribution in [1.29, 1.82) is 0 Å². The molecule has 6 nitrogen and oxygen atoms in total. The van der Waals surface area contributed by atoms with Gasteiger partial charge in [0.15, 0.2) is 5.69 Å². The lowest BCUT2D eigenvalue weighted by Gasteiger charge is -2.22. The predicted molar refractivity (Wildman–Crippen MR) is 63.3 cm³/mol. The standard InChI is InChI=1S/C12H15N3O3/c16-11(15-8-4-2-1-3-5-8)9-6-14-10(7-13-9)12(17)18/h6-8H,1-5H2,(H,15,16)(H,17,18). The molecule has 1 aliphatic carbocycles. The number of carbonyl (C=O) groups excluding carboxylic acids is 1. The van der Waals surface area contributed by atoms with Crippen LogP contribution < -0.4 is 5.32 Å². The number of carbonyl (C=O) groups is 2. The van der Waals surface area contributed by atoms with Gasteiger partial charge < -0.3 is 10.4 Å². The summed E-state index contributed by atoms with van der Waals surface area (Å²) < 4.78 is 0. The van der Waals surface area contributed by atoms with Gasteiger partial charge in [-0.05, 0) is 12.8 Å². The minimum absolute atomic E-state index is 0.158. The maximum Gasteiger partial charge on any atom is 0.356 e. The fourth-order valence-electron chi connectivity index (χ4n) is 2.06. The average Bonchev–Trinajstić information content (AvgIpc) is 2.40. The third kappa shape index (κ3) is 3.03. The second kappa shape index (κ2) is 5.57. The number of hydrogen-bond acceptors (Lipinski definition) is 4. The first-order chi connectivity index (χ1) is 8.66. The molecule has 6 heteroatoms. The van der Waals surface area contributed by atoms with Gasteiger partial charge in [0, 0.05) is 6.04 Å². The molecule has 18 heavy (non-hydrogen) atoms. The van der Waals surface area contributed by atoms with Crippen molar-refractivity contribution in [3.63, 3.8) is 0 Å². The highest BCUT2D eigenvalue weighted by atomic mass is 16.4. The number of nitrogens with one attached hydrogen (secondary N) is 1. The molecule has 0 radical (unpaired) electrons. The van der Waals surface area contributed by atoms with Gasteiger partial charge in [-0.25, -0.2) is 14.8 Å². The summed E-state index contributed by atoms with van der Waals surface area (Å²) in [6.45, 7) is 0. The summed E-state index contributed by atoms with van der Waals surface area (Å²) in [5, 5.41) is 11.6. The van der Waals surface area contributed by atoms with E-state index in [9.17, 15) is 9.59 Å². The monoisotopic (exact) mass is 249 g/mol. The molecule has 1 fully saturated rings. The summed E-state index contributed by atoms with van der Waals surface area (Å²) in [5.74, 6) is -1.44. The summed E-state index contributed by atoms with van der Waals surface area (Å²) in [6, 6.07) is 0.201.